The van der Waals surface area contributed by atoms with Crippen molar-refractivity contribution in [2.75, 3.05) is 36.2 Å². The molecule has 1 aromatic heterocycles. The highest BCUT2D eigenvalue weighted by molar-refractivity contribution is 7.90. The number of carbonyl (C=O) groups is 1. The Labute approximate surface area is 210 Å². The van der Waals surface area contributed by atoms with Gasteiger partial charge in [0.1, 0.15) is 0 Å². The van der Waals surface area contributed by atoms with Gasteiger partial charge in [0.05, 0.1) is 24.2 Å². The Morgan fingerprint density at radius 2 is 1.75 bits per heavy atom. The normalized spacial score (nSPS) is 18.1. The van der Waals surface area contributed by atoms with Gasteiger partial charge in [-0.25, -0.2) is 18.2 Å². The summed E-state index contributed by atoms with van der Waals surface area (Å²) in [5.41, 5.74) is 1.78. The molecule has 11 heteroatoms. The van der Waals surface area contributed by atoms with Crippen molar-refractivity contribution in [1.29, 1.82) is 0 Å². The first-order valence-electron chi connectivity index (χ1n) is 11.9. The quantitative estimate of drug-likeness (QED) is 0.520. The van der Waals surface area contributed by atoms with E-state index in [0.29, 0.717) is 48.3 Å². The van der Waals surface area contributed by atoms with E-state index in [-0.39, 0.29) is 28.8 Å². The molecule has 1 unspecified atom stereocenters. The maximum absolute atomic E-state index is 12.5. The number of hydrogen-bond donors (Lipinski definition) is 2. The van der Waals surface area contributed by atoms with E-state index < -0.39 is 9.84 Å². The highest BCUT2D eigenvalue weighted by Crippen LogP contribution is 2.29. The maximum Gasteiger partial charge on any atom is 0.319 e. The van der Waals surface area contributed by atoms with Crippen LogP contribution in [0.1, 0.15) is 19.8 Å². The van der Waals surface area contributed by atoms with Crippen molar-refractivity contribution in [3.8, 4) is 22.8 Å². The number of urea groups is 1. The molecule has 36 heavy (non-hydrogen) atoms. The molecule has 2 N–H and O–H groups in total. The molecule has 2 aromatic carbocycles. The van der Waals surface area contributed by atoms with Crippen LogP contribution in [0.5, 0.6) is 0 Å². The summed E-state index contributed by atoms with van der Waals surface area (Å²) in [6.07, 6.45) is 3.20. The van der Waals surface area contributed by atoms with Gasteiger partial charge in [0.2, 0.25) is 5.95 Å². The van der Waals surface area contributed by atoms with Gasteiger partial charge in [0.15, 0.2) is 21.5 Å². The summed E-state index contributed by atoms with van der Waals surface area (Å²) >= 11 is 0. The molecule has 3 aromatic rings. The van der Waals surface area contributed by atoms with Gasteiger partial charge in [0.25, 0.3) is 0 Å². The molecular formula is C25H28N6O4S. The summed E-state index contributed by atoms with van der Waals surface area (Å²) < 4.78 is 30.5. The minimum absolute atomic E-state index is 0.0450. The number of hydrogen-bond acceptors (Lipinski definition) is 8. The number of benzene rings is 2. The van der Waals surface area contributed by atoms with Crippen molar-refractivity contribution < 1.29 is 17.9 Å². The van der Waals surface area contributed by atoms with E-state index >= 15 is 0 Å². The highest BCUT2D eigenvalue weighted by atomic mass is 32.2. The van der Waals surface area contributed by atoms with Crippen molar-refractivity contribution in [1.82, 2.24) is 20.3 Å². The molecule has 2 fully saturated rings. The SMILES string of the molecule is CC1COCCN1c1nc(-c2ccc(NC(=O)NC3CC3)cc2)nc(-c2ccccc2S(C)(=O)=O)n1. The van der Waals surface area contributed by atoms with Crippen molar-refractivity contribution in [2.45, 2.75) is 36.7 Å². The number of sulfone groups is 1. The second-order valence-corrected chi connectivity index (χ2v) is 11.1. The second-order valence-electron chi connectivity index (χ2n) is 9.12. The predicted octanol–water partition coefficient (Wildman–Crippen LogP) is 3.12. The lowest BCUT2D eigenvalue weighted by Crippen LogP contribution is -2.44. The molecule has 1 aliphatic carbocycles. The Morgan fingerprint density at radius 3 is 2.44 bits per heavy atom. The third kappa shape index (κ3) is 5.47. The summed E-state index contributed by atoms with van der Waals surface area (Å²) in [6.45, 7) is 3.72. The predicted molar refractivity (Wildman–Crippen MR) is 137 cm³/mol. The number of nitrogens with zero attached hydrogens (tertiary/aromatic N) is 4. The molecule has 2 aliphatic rings. The average molecular weight is 509 g/mol. The van der Waals surface area contributed by atoms with Crippen LogP contribution >= 0.6 is 0 Å². The van der Waals surface area contributed by atoms with Crippen LogP contribution < -0.4 is 15.5 Å². The largest absolute Gasteiger partial charge is 0.377 e. The van der Waals surface area contributed by atoms with Crippen LogP contribution in [0.25, 0.3) is 22.8 Å². The Morgan fingerprint density at radius 1 is 1.03 bits per heavy atom. The topological polar surface area (TPSA) is 126 Å². The lowest BCUT2D eigenvalue weighted by atomic mass is 10.1. The minimum Gasteiger partial charge on any atom is -0.377 e. The van der Waals surface area contributed by atoms with E-state index in [4.69, 9.17) is 9.72 Å². The molecule has 1 aliphatic heterocycles. The first-order valence-corrected chi connectivity index (χ1v) is 13.7. The molecule has 0 bridgehead atoms. The molecule has 0 spiro atoms. The van der Waals surface area contributed by atoms with Gasteiger partial charge < -0.3 is 20.3 Å². The van der Waals surface area contributed by atoms with Crippen LogP contribution in [0.4, 0.5) is 16.4 Å². The number of morpholine rings is 1. The molecule has 1 saturated carbocycles. The van der Waals surface area contributed by atoms with E-state index in [2.05, 4.69) is 20.6 Å². The highest BCUT2D eigenvalue weighted by Gasteiger charge is 2.25. The Hall–Kier alpha value is -3.57. The maximum atomic E-state index is 12.5. The number of anilines is 2. The molecule has 1 saturated heterocycles. The fourth-order valence-electron chi connectivity index (χ4n) is 4.02. The van der Waals surface area contributed by atoms with Gasteiger partial charge >= 0.3 is 6.03 Å². The van der Waals surface area contributed by atoms with Gasteiger partial charge in [-0.05, 0) is 56.2 Å². The molecule has 2 heterocycles. The van der Waals surface area contributed by atoms with Crippen LogP contribution in [0.3, 0.4) is 0 Å². The van der Waals surface area contributed by atoms with Crippen molar-refractivity contribution in [2.24, 2.45) is 0 Å². The number of amides is 2. The van der Waals surface area contributed by atoms with Gasteiger partial charge in [-0.2, -0.15) is 9.97 Å². The molecule has 188 valence electrons. The Kier molecular flexibility index (Phi) is 6.59. The number of nitrogens with one attached hydrogen (secondary N) is 2. The fraction of sp³-hybridized carbons (Fsp3) is 0.360. The van der Waals surface area contributed by atoms with Crippen LogP contribution in [0, 0.1) is 0 Å². The van der Waals surface area contributed by atoms with E-state index in [1.165, 1.54) is 6.26 Å². The minimum atomic E-state index is -3.51. The zero-order valence-electron chi connectivity index (χ0n) is 20.1. The zero-order valence-corrected chi connectivity index (χ0v) is 21.0. The third-order valence-corrected chi connectivity index (χ3v) is 7.24. The molecule has 2 amide bonds. The van der Waals surface area contributed by atoms with Crippen molar-refractivity contribution in [3.05, 3.63) is 48.5 Å². The summed E-state index contributed by atoms with van der Waals surface area (Å²) in [5, 5.41) is 5.72. The fourth-order valence-corrected chi connectivity index (χ4v) is 4.91. The Bertz CT molecular complexity index is 1380. The van der Waals surface area contributed by atoms with E-state index in [1.54, 1.807) is 36.4 Å². The summed E-state index contributed by atoms with van der Waals surface area (Å²) in [6, 6.07) is 14.0. The average Bonchev–Trinajstić information content (AvgIpc) is 3.68. The van der Waals surface area contributed by atoms with E-state index in [9.17, 15) is 13.2 Å². The van der Waals surface area contributed by atoms with E-state index in [1.807, 2.05) is 24.0 Å². The lowest BCUT2D eigenvalue weighted by Gasteiger charge is -2.33. The van der Waals surface area contributed by atoms with Crippen molar-refractivity contribution >= 4 is 27.5 Å². The number of ether oxygens (including phenoxy) is 1. The first-order chi connectivity index (χ1) is 17.3. The summed E-state index contributed by atoms with van der Waals surface area (Å²) in [4.78, 5) is 28.3. The number of rotatable bonds is 6. The van der Waals surface area contributed by atoms with Crippen LogP contribution in [-0.4, -0.2) is 67.5 Å². The molecular weight excluding hydrogens is 480 g/mol. The molecule has 10 nitrogen and oxygen atoms in total. The van der Waals surface area contributed by atoms with Crippen LogP contribution in [-0.2, 0) is 14.6 Å². The number of aromatic nitrogens is 3. The third-order valence-electron chi connectivity index (χ3n) is 6.09. The first kappa shape index (κ1) is 24.1. The molecule has 0 radical (unpaired) electrons. The Balaban J connectivity index is 1.53. The number of carbonyl (C=O) groups excluding carboxylic acids is 1. The lowest BCUT2D eigenvalue weighted by molar-refractivity contribution is 0.0981. The smallest absolute Gasteiger partial charge is 0.319 e. The summed E-state index contributed by atoms with van der Waals surface area (Å²) in [7, 11) is -3.51. The second kappa shape index (κ2) is 9.82. The summed E-state index contributed by atoms with van der Waals surface area (Å²) in [5.74, 6) is 1.15. The standard InChI is InChI=1S/C25H28N6O4S/c1-16-15-35-14-13-31(16)24-29-22(17-7-9-18(10-8-17)26-25(32)27-19-11-12-19)28-23(30-24)20-5-3-4-6-21(20)36(2,33)34/h3-10,16,19H,11-15H2,1-2H3,(H2,26,27,32). The van der Waals surface area contributed by atoms with Gasteiger partial charge in [-0.15, -0.1) is 0 Å². The van der Waals surface area contributed by atoms with Gasteiger partial charge in [0, 0.05) is 35.7 Å². The molecule has 5 rings (SSSR count). The zero-order chi connectivity index (χ0) is 25.3. The van der Waals surface area contributed by atoms with Crippen molar-refractivity contribution in [3.63, 3.8) is 0 Å². The van der Waals surface area contributed by atoms with Gasteiger partial charge in [-0.1, -0.05) is 12.1 Å². The van der Waals surface area contributed by atoms with E-state index in [0.717, 1.165) is 12.8 Å². The van der Waals surface area contributed by atoms with Gasteiger partial charge in [-0.3, -0.25) is 0 Å². The van der Waals surface area contributed by atoms with Crippen LogP contribution in [0.15, 0.2) is 53.4 Å². The monoisotopic (exact) mass is 508 g/mol. The van der Waals surface area contributed by atoms with Crippen LogP contribution in [0.2, 0.25) is 0 Å². The molecule has 1 atom stereocenters.